The first-order valence-corrected chi connectivity index (χ1v) is 10.7. The second-order valence-corrected chi connectivity index (χ2v) is 7.48. The predicted molar refractivity (Wildman–Crippen MR) is 111 cm³/mol. The molecule has 1 saturated heterocycles. The van der Waals surface area contributed by atoms with Gasteiger partial charge in [0.25, 0.3) is 0 Å². The number of benzene rings is 1. The molecule has 1 heterocycles. The third-order valence-corrected chi connectivity index (χ3v) is 5.27. The lowest BCUT2D eigenvalue weighted by Crippen LogP contribution is -2.46. The van der Waals surface area contributed by atoms with Crippen LogP contribution in [0, 0.1) is 0 Å². The van der Waals surface area contributed by atoms with Crippen LogP contribution in [0.25, 0.3) is 0 Å². The molecule has 0 aliphatic carbocycles. The van der Waals surface area contributed by atoms with Crippen LogP contribution in [0.2, 0.25) is 0 Å². The van der Waals surface area contributed by atoms with Gasteiger partial charge in [-0.15, -0.1) is 0 Å². The predicted octanol–water partition coefficient (Wildman–Crippen LogP) is 3.89. The van der Waals surface area contributed by atoms with E-state index < -0.39 is 0 Å². The molecule has 148 valence electrons. The van der Waals surface area contributed by atoms with Gasteiger partial charge < -0.3 is 15.4 Å². The first-order valence-electron chi connectivity index (χ1n) is 10.7. The summed E-state index contributed by atoms with van der Waals surface area (Å²) in [5.74, 6) is 1.08. The van der Waals surface area contributed by atoms with Crippen molar-refractivity contribution in [2.24, 2.45) is 5.73 Å². The van der Waals surface area contributed by atoms with Gasteiger partial charge in [0.05, 0.1) is 6.61 Å². The first kappa shape index (κ1) is 21.2. The number of unbranched alkanes of at least 4 members (excludes halogenated alkanes) is 5. The summed E-state index contributed by atoms with van der Waals surface area (Å²) in [7, 11) is 0. The molecule has 2 N–H and O–H groups in total. The Morgan fingerprint density at radius 1 is 0.885 bits per heavy atom. The lowest BCUT2D eigenvalue weighted by molar-refractivity contribution is 0.125. The van der Waals surface area contributed by atoms with Crippen molar-refractivity contribution in [1.29, 1.82) is 0 Å². The topological polar surface area (TPSA) is 41.7 Å². The number of rotatable bonds is 13. The molecule has 1 aromatic carbocycles. The van der Waals surface area contributed by atoms with Gasteiger partial charge in [-0.1, -0.05) is 57.2 Å². The molecule has 0 aromatic heterocycles. The van der Waals surface area contributed by atoms with Crippen molar-refractivity contribution in [3.05, 3.63) is 29.8 Å². The van der Waals surface area contributed by atoms with Gasteiger partial charge in [-0.05, 0) is 32.0 Å². The minimum absolute atomic E-state index is 0.795. The van der Waals surface area contributed by atoms with E-state index in [1.807, 2.05) is 0 Å². The summed E-state index contributed by atoms with van der Waals surface area (Å²) >= 11 is 0. The van der Waals surface area contributed by atoms with Crippen LogP contribution in [0.1, 0.15) is 57.4 Å². The average Bonchev–Trinajstić information content (AvgIpc) is 2.68. The van der Waals surface area contributed by atoms with Gasteiger partial charge >= 0.3 is 0 Å². The molecule has 4 nitrogen and oxygen atoms in total. The quantitative estimate of drug-likeness (QED) is 0.541. The molecule has 1 fully saturated rings. The Kier molecular flexibility index (Phi) is 10.7. The van der Waals surface area contributed by atoms with Gasteiger partial charge in [0, 0.05) is 38.3 Å². The van der Waals surface area contributed by atoms with Crippen LogP contribution in [0.3, 0.4) is 0 Å². The van der Waals surface area contributed by atoms with Crippen molar-refractivity contribution >= 4 is 0 Å². The second-order valence-electron chi connectivity index (χ2n) is 7.48. The normalized spacial score (nSPS) is 16.1. The van der Waals surface area contributed by atoms with Crippen molar-refractivity contribution in [3.8, 4) is 5.75 Å². The monoisotopic (exact) mass is 361 g/mol. The molecule has 1 aromatic rings. The largest absolute Gasteiger partial charge is 0.493 e. The molecule has 1 aliphatic rings. The first-order chi connectivity index (χ1) is 12.8. The van der Waals surface area contributed by atoms with Gasteiger partial charge in [0.2, 0.25) is 0 Å². The van der Waals surface area contributed by atoms with E-state index in [9.17, 15) is 0 Å². The molecule has 26 heavy (non-hydrogen) atoms. The molecule has 0 saturated carbocycles. The standard InChI is InChI=1S/C22H39N3O/c1-2-3-4-5-6-9-19-26-22-12-8-7-11-21(22)20-25-17-15-24(16-18-25)14-10-13-23/h7-8,11-12H,2-6,9-10,13-20,23H2,1H3. The molecule has 0 spiro atoms. The zero-order valence-electron chi connectivity index (χ0n) is 16.8. The van der Waals surface area contributed by atoms with Crippen LogP contribution >= 0.6 is 0 Å². The minimum atomic E-state index is 0.795. The molecular weight excluding hydrogens is 322 g/mol. The number of nitrogens with zero attached hydrogens (tertiary/aromatic N) is 2. The maximum atomic E-state index is 6.11. The molecule has 0 bridgehead atoms. The highest BCUT2D eigenvalue weighted by Crippen LogP contribution is 2.21. The Hall–Kier alpha value is -1.10. The van der Waals surface area contributed by atoms with E-state index in [2.05, 4.69) is 41.0 Å². The summed E-state index contributed by atoms with van der Waals surface area (Å²) in [6, 6.07) is 8.57. The van der Waals surface area contributed by atoms with Crippen LogP contribution < -0.4 is 10.5 Å². The zero-order chi connectivity index (χ0) is 18.5. The fourth-order valence-electron chi connectivity index (χ4n) is 3.57. The van der Waals surface area contributed by atoms with E-state index >= 15 is 0 Å². The Bertz CT molecular complexity index is 472. The van der Waals surface area contributed by atoms with Crippen LogP contribution in [0.5, 0.6) is 5.75 Å². The third-order valence-electron chi connectivity index (χ3n) is 5.27. The van der Waals surface area contributed by atoms with E-state index in [1.54, 1.807) is 0 Å². The second kappa shape index (κ2) is 13.1. The van der Waals surface area contributed by atoms with Crippen molar-refractivity contribution < 1.29 is 4.74 Å². The van der Waals surface area contributed by atoms with E-state index in [0.29, 0.717) is 0 Å². The lowest BCUT2D eigenvalue weighted by atomic mass is 10.1. The highest BCUT2D eigenvalue weighted by molar-refractivity contribution is 5.33. The molecule has 4 heteroatoms. The summed E-state index contributed by atoms with van der Waals surface area (Å²) in [5.41, 5.74) is 6.95. The van der Waals surface area contributed by atoms with Gasteiger partial charge in [-0.2, -0.15) is 0 Å². The number of ether oxygens (including phenoxy) is 1. The SMILES string of the molecule is CCCCCCCCOc1ccccc1CN1CCN(CCCN)CC1. The molecule has 0 unspecified atom stereocenters. The number of nitrogens with two attached hydrogens (primary N) is 1. The number of hydrogen-bond acceptors (Lipinski definition) is 4. The smallest absolute Gasteiger partial charge is 0.123 e. The summed E-state index contributed by atoms with van der Waals surface area (Å²) in [6.45, 7) is 10.6. The molecule has 0 atom stereocenters. The highest BCUT2D eigenvalue weighted by atomic mass is 16.5. The van der Waals surface area contributed by atoms with Gasteiger partial charge in [0.15, 0.2) is 0 Å². The number of piperazine rings is 1. The number of hydrogen-bond donors (Lipinski definition) is 1. The van der Waals surface area contributed by atoms with Crippen molar-refractivity contribution in [1.82, 2.24) is 9.80 Å². The van der Waals surface area contributed by atoms with Crippen LogP contribution in [0.4, 0.5) is 0 Å². The van der Waals surface area contributed by atoms with Crippen LogP contribution in [-0.2, 0) is 6.54 Å². The maximum absolute atomic E-state index is 6.11. The summed E-state index contributed by atoms with van der Waals surface area (Å²) in [5, 5.41) is 0. The van der Waals surface area contributed by atoms with E-state index in [4.69, 9.17) is 10.5 Å². The number of para-hydroxylation sites is 1. The molecular formula is C22H39N3O. The molecule has 0 radical (unpaired) electrons. The average molecular weight is 362 g/mol. The Morgan fingerprint density at radius 2 is 1.58 bits per heavy atom. The van der Waals surface area contributed by atoms with Crippen molar-refractivity contribution in [3.63, 3.8) is 0 Å². The van der Waals surface area contributed by atoms with Crippen molar-refractivity contribution in [2.75, 3.05) is 45.9 Å². The van der Waals surface area contributed by atoms with Crippen LogP contribution in [-0.4, -0.2) is 55.7 Å². The van der Waals surface area contributed by atoms with Gasteiger partial charge in [0.1, 0.15) is 5.75 Å². The molecule has 0 amide bonds. The molecule has 1 aliphatic heterocycles. The van der Waals surface area contributed by atoms with Gasteiger partial charge in [-0.3, -0.25) is 4.90 Å². The lowest BCUT2D eigenvalue weighted by Gasteiger charge is -2.34. The Labute approximate surface area is 160 Å². The summed E-state index contributed by atoms with van der Waals surface area (Å²) < 4.78 is 6.11. The summed E-state index contributed by atoms with van der Waals surface area (Å²) in [6.07, 6.45) is 8.94. The Morgan fingerprint density at radius 3 is 2.35 bits per heavy atom. The van der Waals surface area contributed by atoms with Gasteiger partial charge in [-0.25, -0.2) is 0 Å². The van der Waals surface area contributed by atoms with E-state index in [-0.39, 0.29) is 0 Å². The maximum Gasteiger partial charge on any atom is 0.123 e. The molecule has 2 rings (SSSR count). The van der Waals surface area contributed by atoms with Crippen molar-refractivity contribution in [2.45, 2.75) is 58.4 Å². The minimum Gasteiger partial charge on any atom is -0.493 e. The highest BCUT2D eigenvalue weighted by Gasteiger charge is 2.17. The van der Waals surface area contributed by atoms with E-state index in [0.717, 1.165) is 71.0 Å². The third kappa shape index (κ3) is 8.07. The van der Waals surface area contributed by atoms with E-state index in [1.165, 1.54) is 37.7 Å². The Balaban J connectivity index is 1.69. The van der Waals surface area contributed by atoms with Crippen LogP contribution in [0.15, 0.2) is 24.3 Å². The fraction of sp³-hybridized carbons (Fsp3) is 0.727. The zero-order valence-corrected chi connectivity index (χ0v) is 16.8. The fourth-order valence-corrected chi connectivity index (χ4v) is 3.57. The summed E-state index contributed by atoms with van der Waals surface area (Å²) in [4.78, 5) is 5.08.